The van der Waals surface area contributed by atoms with Crippen LogP contribution in [0.4, 0.5) is 0 Å². The van der Waals surface area contributed by atoms with Gasteiger partial charge in [-0.1, -0.05) is 6.08 Å². The van der Waals surface area contributed by atoms with Crippen LogP contribution in [0.1, 0.15) is 20.8 Å². The Hall–Kier alpha value is -1.24. The fourth-order valence-corrected chi connectivity index (χ4v) is 1.63. The number of allylic oxidation sites excluding steroid dienone is 1. The molecule has 0 aromatic rings. The predicted molar refractivity (Wildman–Crippen MR) is 64.8 cm³/mol. The Morgan fingerprint density at radius 3 is 2.94 bits per heavy atom. The number of aliphatic carboxylic acids is 1. The van der Waals surface area contributed by atoms with Gasteiger partial charge in [0.05, 0.1) is 0 Å². The van der Waals surface area contributed by atoms with Crippen LogP contribution in [0.2, 0.25) is 0 Å². The summed E-state index contributed by atoms with van der Waals surface area (Å²) in [6, 6.07) is 0.145. The van der Waals surface area contributed by atoms with Gasteiger partial charge in [-0.15, -0.1) is 0 Å². The van der Waals surface area contributed by atoms with Gasteiger partial charge in [-0.25, -0.2) is 9.79 Å². The summed E-state index contributed by atoms with van der Waals surface area (Å²) in [5.41, 5.74) is -0.0309. The molecule has 1 rings (SSSR count). The Morgan fingerprint density at radius 1 is 1.65 bits per heavy atom. The standard InChI is InChI=1S/C11H19N3O3/c1-4-5-9(10(15)16)14-11(3)13-8(2)6-12-7-17-11/h4-5,8,12-13H,6-7H2,1-3H3,(H,15,16)/b5-4-,14-9?/t8-,11?/m1/s1. The van der Waals surface area contributed by atoms with Crippen molar-refractivity contribution in [3.63, 3.8) is 0 Å². The lowest BCUT2D eigenvalue weighted by Gasteiger charge is -2.26. The van der Waals surface area contributed by atoms with E-state index >= 15 is 0 Å². The van der Waals surface area contributed by atoms with Crippen molar-refractivity contribution in [2.75, 3.05) is 13.3 Å². The van der Waals surface area contributed by atoms with Gasteiger partial charge in [-0.05, 0) is 19.9 Å². The maximum atomic E-state index is 11.0. The predicted octanol–water partition coefficient (Wildman–Crippen LogP) is 0.317. The Morgan fingerprint density at radius 2 is 2.35 bits per heavy atom. The number of nitrogens with zero attached hydrogens (tertiary/aromatic N) is 1. The first kappa shape index (κ1) is 13.8. The molecule has 0 aromatic heterocycles. The van der Waals surface area contributed by atoms with Crippen LogP contribution >= 0.6 is 0 Å². The second-order valence-electron chi connectivity index (χ2n) is 4.07. The first-order valence-electron chi connectivity index (χ1n) is 5.55. The molecule has 1 fully saturated rings. The second kappa shape index (κ2) is 5.90. The average molecular weight is 241 g/mol. The minimum Gasteiger partial charge on any atom is -0.477 e. The van der Waals surface area contributed by atoms with Gasteiger partial charge in [0.2, 0.25) is 5.85 Å². The summed E-state index contributed by atoms with van der Waals surface area (Å²) in [6.45, 7) is 6.51. The Kier molecular flexibility index (Phi) is 4.80. The molecule has 0 aliphatic carbocycles. The van der Waals surface area contributed by atoms with Crippen LogP contribution in [-0.2, 0) is 9.53 Å². The summed E-state index contributed by atoms with van der Waals surface area (Å²) < 4.78 is 5.48. The number of rotatable bonds is 3. The van der Waals surface area contributed by atoms with E-state index in [1.165, 1.54) is 6.08 Å². The number of ether oxygens (including phenoxy) is 1. The van der Waals surface area contributed by atoms with E-state index in [9.17, 15) is 4.79 Å². The lowest BCUT2D eigenvalue weighted by molar-refractivity contribution is -0.129. The number of carboxylic acid groups (broad SMARTS) is 1. The minimum atomic E-state index is -1.07. The topological polar surface area (TPSA) is 83.0 Å². The normalized spacial score (nSPS) is 31.5. The molecule has 1 saturated heterocycles. The molecule has 3 N–H and O–H groups in total. The summed E-state index contributed by atoms with van der Waals surface area (Å²) in [6.07, 6.45) is 3.08. The van der Waals surface area contributed by atoms with Gasteiger partial charge in [-0.3, -0.25) is 10.6 Å². The maximum absolute atomic E-state index is 11.0. The van der Waals surface area contributed by atoms with E-state index in [4.69, 9.17) is 9.84 Å². The highest BCUT2D eigenvalue weighted by molar-refractivity contribution is 6.40. The van der Waals surface area contributed by atoms with Gasteiger partial charge < -0.3 is 9.84 Å². The highest BCUT2D eigenvalue weighted by Gasteiger charge is 2.29. The van der Waals surface area contributed by atoms with Crippen molar-refractivity contribution in [3.8, 4) is 0 Å². The number of carboxylic acids is 1. The largest absolute Gasteiger partial charge is 0.477 e. The number of carbonyl (C=O) groups is 1. The van der Waals surface area contributed by atoms with Crippen molar-refractivity contribution in [1.82, 2.24) is 10.6 Å². The lowest BCUT2D eigenvalue weighted by atomic mass is 10.3. The van der Waals surface area contributed by atoms with Gasteiger partial charge in [0.1, 0.15) is 12.4 Å². The van der Waals surface area contributed by atoms with Crippen LogP contribution in [0.5, 0.6) is 0 Å². The van der Waals surface area contributed by atoms with Crippen molar-refractivity contribution in [2.24, 2.45) is 4.99 Å². The molecule has 0 aromatic carbocycles. The number of nitrogens with one attached hydrogen (secondary N) is 2. The van der Waals surface area contributed by atoms with Gasteiger partial charge in [0, 0.05) is 19.5 Å². The van der Waals surface area contributed by atoms with Gasteiger partial charge >= 0.3 is 5.97 Å². The quantitative estimate of drug-likeness (QED) is 0.620. The molecule has 0 amide bonds. The fraction of sp³-hybridized carbons (Fsp3) is 0.636. The molecule has 1 aliphatic heterocycles. The molecule has 0 spiro atoms. The second-order valence-corrected chi connectivity index (χ2v) is 4.07. The lowest BCUT2D eigenvalue weighted by Crippen LogP contribution is -2.48. The van der Waals surface area contributed by atoms with Gasteiger partial charge in [-0.2, -0.15) is 0 Å². The monoisotopic (exact) mass is 241 g/mol. The highest BCUT2D eigenvalue weighted by Crippen LogP contribution is 2.12. The first-order valence-corrected chi connectivity index (χ1v) is 5.55. The zero-order chi connectivity index (χ0) is 12.9. The van der Waals surface area contributed by atoms with Gasteiger partial charge in [0.15, 0.2) is 0 Å². The molecule has 1 aliphatic rings. The van der Waals surface area contributed by atoms with E-state index in [1.807, 2.05) is 6.92 Å². The van der Waals surface area contributed by atoms with E-state index in [2.05, 4.69) is 15.6 Å². The number of hydrogen-bond donors (Lipinski definition) is 3. The molecule has 0 radical (unpaired) electrons. The Bertz CT molecular complexity index is 341. The van der Waals surface area contributed by atoms with Crippen molar-refractivity contribution in [2.45, 2.75) is 32.7 Å². The van der Waals surface area contributed by atoms with Crippen molar-refractivity contribution < 1.29 is 14.6 Å². The molecule has 1 heterocycles. The van der Waals surface area contributed by atoms with E-state index < -0.39 is 11.8 Å². The smallest absolute Gasteiger partial charge is 0.354 e. The van der Waals surface area contributed by atoms with Crippen LogP contribution in [0.3, 0.4) is 0 Å². The maximum Gasteiger partial charge on any atom is 0.354 e. The first-order chi connectivity index (χ1) is 7.97. The van der Waals surface area contributed by atoms with Crippen LogP contribution in [-0.4, -0.2) is 42.0 Å². The van der Waals surface area contributed by atoms with Crippen LogP contribution in [0.25, 0.3) is 0 Å². The number of hydrogen-bond acceptors (Lipinski definition) is 5. The van der Waals surface area contributed by atoms with E-state index in [1.54, 1.807) is 19.9 Å². The van der Waals surface area contributed by atoms with Crippen LogP contribution in [0.15, 0.2) is 17.1 Å². The third kappa shape index (κ3) is 4.26. The molecule has 1 unspecified atom stereocenters. The van der Waals surface area contributed by atoms with E-state index in [0.29, 0.717) is 6.73 Å². The van der Waals surface area contributed by atoms with Crippen molar-refractivity contribution >= 4 is 11.7 Å². The van der Waals surface area contributed by atoms with E-state index in [0.717, 1.165) is 6.54 Å². The minimum absolute atomic E-state index is 0.0309. The zero-order valence-corrected chi connectivity index (χ0v) is 10.4. The summed E-state index contributed by atoms with van der Waals surface area (Å²) in [7, 11) is 0. The Labute approximate surface area is 101 Å². The van der Waals surface area contributed by atoms with Crippen LogP contribution < -0.4 is 10.6 Å². The molecular weight excluding hydrogens is 222 g/mol. The summed E-state index contributed by atoms with van der Waals surface area (Å²) in [5.74, 6) is -2.09. The SMILES string of the molecule is C/C=C\C(=NC1(C)N[C@H](C)CNCO1)C(=O)O. The summed E-state index contributed by atoms with van der Waals surface area (Å²) in [5, 5.41) is 15.2. The average Bonchev–Trinajstić information content (AvgIpc) is 2.39. The zero-order valence-electron chi connectivity index (χ0n) is 10.4. The van der Waals surface area contributed by atoms with E-state index in [-0.39, 0.29) is 11.8 Å². The van der Waals surface area contributed by atoms with Gasteiger partial charge in [0.25, 0.3) is 0 Å². The van der Waals surface area contributed by atoms with Crippen molar-refractivity contribution in [3.05, 3.63) is 12.2 Å². The highest BCUT2D eigenvalue weighted by atomic mass is 16.5. The molecule has 0 saturated carbocycles. The van der Waals surface area contributed by atoms with Crippen molar-refractivity contribution in [1.29, 1.82) is 0 Å². The number of aliphatic imine (C=N–C) groups is 1. The summed E-state index contributed by atoms with van der Waals surface area (Å²) >= 11 is 0. The van der Waals surface area contributed by atoms with Crippen LogP contribution in [0, 0.1) is 0 Å². The molecule has 2 atom stereocenters. The molecular formula is C11H19N3O3. The molecule has 6 heteroatoms. The molecule has 0 bridgehead atoms. The molecule has 96 valence electrons. The Balaban J connectivity index is 2.93. The third-order valence-corrected chi connectivity index (χ3v) is 2.30. The fourth-order valence-electron chi connectivity index (χ4n) is 1.63. The summed E-state index contributed by atoms with van der Waals surface area (Å²) in [4.78, 5) is 15.1. The molecule has 6 nitrogen and oxygen atoms in total. The third-order valence-electron chi connectivity index (χ3n) is 2.30. The molecule has 17 heavy (non-hydrogen) atoms.